The minimum atomic E-state index is -0.495. The number of amides is 1. The average molecular weight is 275 g/mol. The number of carbonyl (C=O) groups excluding carboxylic acids is 1. The molecular formula is C15H21N3O2. The standard InChI is InChI=1S/C15H21N3O2/c1-10(2)13(19)9-16-15(20)8-7-14-17-11-5-3-4-6-12(11)18-14/h3-6,10,13,19H,7-9H2,1-2H3,(H,16,20)(H,17,18). The van der Waals surface area contributed by atoms with E-state index in [1.165, 1.54) is 0 Å². The molecular weight excluding hydrogens is 254 g/mol. The number of hydrogen-bond acceptors (Lipinski definition) is 3. The van der Waals surface area contributed by atoms with Crippen molar-refractivity contribution in [3.63, 3.8) is 0 Å². The van der Waals surface area contributed by atoms with E-state index in [9.17, 15) is 9.90 Å². The predicted octanol–water partition coefficient (Wildman–Crippen LogP) is 1.63. The number of nitrogens with zero attached hydrogens (tertiary/aromatic N) is 1. The van der Waals surface area contributed by atoms with Crippen LogP contribution in [0.3, 0.4) is 0 Å². The normalized spacial score (nSPS) is 12.8. The van der Waals surface area contributed by atoms with Crippen LogP contribution >= 0.6 is 0 Å². The Morgan fingerprint density at radius 1 is 1.40 bits per heavy atom. The highest BCUT2D eigenvalue weighted by molar-refractivity contribution is 5.77. The number of H-pyrrole nitrogens is 1. The van der Waals surface area contributed by atoms with Gasteiger partial charge in [-0.3, -0.25) is 4.79 Å². The Morgan fingerprint density at radius 3 is 2.85 bits per heavy atom. The molecule has 1 aromatic carbocycles. The van der Waals surface area contributed by atoms with Crippen molar-refractivity contribution in [2.75, 3.05) is 6.54 Å². The number of fused-ring (bicyclic) bond motifs is 1. The molecule has 0 aliphatic heterocycles. The van der Waals surface area contributed by atoms with Gasteiger partial charge in [0.1, 0.15) is 5.82 Å². The number of benzene rings is 1. The van der Waals surface area contributed by atoms with Gasteiger partial charge in [-0.25, -0.2) is 4.98 Å². The second-order valence-electron chi connectivity index (χ2n) is 5.32. The maximum absolute atomic E-state index is 11.7. The van der Waals surface area contributed by atoms with Crippen molar-refractivity contribution >= 4 is 16.9 Å². The molecule has 2 rings (SSSR count). The number of aromatic nitrogens is 2. The molecule has 0 fully saturated rings. The summed E-state index contributed by atoms with van der Waals surface area (Å²) in [6, 6.07) is 7.79. The maximum Gasteiger partial charge on any atom is 0.220 e. The molecule has 0 bridgehead atoms. The summed E-state index contributed by atoms with van der Waals surface area (Å²) in [7, 11) is 0. The lowest BCUT2D eigenvalue weighted by molar-refractivity contribution is -0.121. The largest absolute Gasteiger partial charge is 0.391 e. The van der Waals surface area contributed by atoms with Crippen molar-refractivity contribution in [3.05, 3.63) is 30.1 Å². The predicted molar refractivity (Wildman–Crippen MR) is 78.3 cm³/mol. The Hall–Kier alpha value is -1.88. The highest BCUT2D eigenvalue weighted by Gasteiger charge is 2.11. The number of aliphatic hydroxyl groups excluding tert-OH is 1. The van der Waals surface area contributed by atoms with E-state index in [-0.39, 0.29) is 11.8 Å². The number of aryl methyl sites for hydroxylation is 1. The Bertz CT molecular complexity index is 544. The number of hydrogen-bond donors (Lipinski definition) is 3. The van der Waals surface area contributed by atoms with Crippen LogP contribution in [0, 0.1) is 5.92 Å². The molecule has 1 unspecified atom stereocenters. The lowest BCUT2D eigenvalue weighted by atomic mass is 10.1. The lowest BCUT2D eigenvalue weighted by Crippen LogP contribution is -2.34. The van der Waals surface area contributed by atoms with Gasteiger partial charge in [-0.1, -0.05) is 26.0 Å². The van der Waals surface area contributed by atoms with E-state index in [2.05, 4.69) is 15.3 Å². The summed E-state index contributed by atoms with van der Waals surface area (Å²) in [5.41, 5.74) is 1.90. The molecule has 0 aliphatic carbocycles. The molecule has 0 spiro atoms. The molecule has 0 saturated heterocycles. The quantitative estimate of drug-likeness (QED) is 0.749. The Labute approximate surface area is 118 Å². The van der Waals surface area contributed by atoms with Crippen molar-refractivity contribution in [3.8, 4) is 0 Å². The number of para-hydroxylation sites is 2. The molecule has 0 radical (unpaired) electrons. The third-order valence-corrected chi connectivity index (χ3v) is 3.31. The third-order valence-electron chi connectivity index (χ3n) is 3.31. The van der Waals surface area contributed by atoms with E-state index >= 15 is 0 Å². The molecule has 3 N–H and O–H groups in total. The fraction of sp³-hybridized carbons (Fsp3) is 0.467. The number of rotatable bonds is 6. The number of aliphatic hydroxyl groups is 1. The third kappa shape index (κ3) is 3.81. The van der Waals surface area contributed by atoms with Crippen LogP contribution < -0.4 is 5.32 Å². The molecule has 0 saturated carbocycles. The van der Waals surface area contributed by atoms with Crippen molar-refractivity contribution in [1.29, 1.82) is 0 Å². The molecule has 1 heterocycles. The highest BCUT2D eigenvalue weighted by atomic mass is 16.3. The van der Waals surface area contributed by atoms with Crippen LogP contribution in [-0.2, 0) is 11.2 Å². The molecule has 0 aliphatic rings. The summed E-state index contributed by atoms with van der Waals surface area (Å²) in [6.07, 6.45) is 0.438. The summed E-state index contributed by atoms with van der Waals surface area (Å²) >= 11 is 0. The van der Waals surface area contributed by atoms with Gasteiger partial charge in [0.05, 0.1) is 17.1 Å². The van der Waals surface area contributed by atoms with Crippen LogP contribution in [0.1, 0.15) is 26.1 Å². The summed E-state index contributed by atoms with van der Waals surface area (Å²) < 4.78 is 0. The van der Waals surface area contributed by atoms with Gasteiger partial charge in [-0.15, -0.1) is 0 Å². The maximum atomic E-state index is 11.7. The summed E-state index contributed by atoms with van der Waals surface area (Å²) in [5.74, 6) is 0.890. The van der Waals surface area contributed by atoms with Crippen LogP contribution in [-0.4, -0.2) is 33.6 Å². The highest BCUT2D eigenvalue weighted by Crippen LogP contribution is 2.11. The van der Waals surface area contributed by atoms with Crippen molar-refractivity contribution < 1.29 is 9.90 Å². The molecule has 1 amide bonds. The van der Waals surface area contributed by atoms with Crippen molar-refractivity contribution in [1.82, 2.24) is 15.3 Å². The van der Waals surface area contributed by atoms with Gasteiger partial charge in [0.25, 0.3) is 0 Å². The molecule has 1 atom stereocenters. The van der Waals surface area contributed by atoms with Gasteiger partial charge in [-0.05, 0) is 18.1 Å². The minimum Gasteiger partial charge on any atom is -0.391 e. The first-order valence-electron chi connectivity index (χ1n) is 6.94. The molecule has 5 nitrogen and oxygen atoms in total. The second-order valence-corrected chi connectivity index (χ2v) is 5.32. The fourth-order valence-electron chi connectivity index (χ4n) is 1.90. The van der Waals surface area contributed by atoms with Gasteiger partial charge in [-0.2, -0.15) is 0 Å². The number of aromatic amines is 1. The van der Waals surface area contributed by atoms with E-state index in [1.807, 2.05) is 38.1 Å². The Balaban J connectivity index is 1.81. The van der Waals surface area contributed by atoms with Gasteiger partial charge in [0.2, 0.25) is 5.91 Å². The Morgan fingerprint density at radius 2 is 2.15 bits per heavy atom. The SMILES string of the molecule is CC(C)C(O)CNC(=O)CCc1nc2ccccc2[nH]1. The second kappa shape index (κ2) is 6.52. The summed E-state index contributed by atoms with van der Waals surface area (Å²) in [6.45, 7) is 4.15. The summed E-state index contributed by atoms with van der Waals surface area (Å²) in [4.78, 5) is 19.3. The average Bonchev–Trinajstić information content (AvgIpc) is 2.85. The van der Waals surface area contributed by atoms with Crippen molar-refractivity contribution in [2.24, 2.45) is 5.92 Å². The molecule has 108 valence electrons. The van der Waals surface area contributed by atoms with E-state index in [1.54, 1.807) is 0 Å². The first-order chi connectivity index (χ1) is 9.56. The van der Waals surface area contributed by atoms with Crippen LogP contribution in [0.15, 0.2) is 24.3 Å². The van der Waals surface area contributed by atoms with Crippen LogP contribution in [0.2, 0.25) is 0 Å². The lowest BCUT2D eigenvalue weighted by Gasteiger charge is -2.14. The molecule has 20 heavy (non-hydrogen) atoms. The van der Waals surface area contributed by atoms with Gasteiger partial charge < -0.3 is 15.4 Å². The Kier molecular flexibility index (Phi) is 4.74. The van der Waals surface area contributed by atoms with Gasteiger partial charge in [0, 0.05) is 19.4 Å². The number of carbonyl (C=O) groups is 1. The zero-order chi connectivity index (χ0) is 14.5. The summed E-state index contributed by atoms with van der Waals surface area (Å²) in [5, 5.41) is 12.4. The van der Waals surface area contributed by atoms with E-state index in [0.717, 1.165) is 16.9 Å². The van der Waals surface area contributed by atoms with Gasteiger partial charge in [0.15, 0.2) is 0 Å². The monoisotopic (exact) mass is 275 g/mol. The van der Waals surface area contributed by atoms with Crippen LogP contribution in [0.4, 0.5) is 0 Å². The van der Waals surface area contributed by atoms with Crippen molar-refractivity contribution in [2.45, 2.75) is 32.8 Å². The zero-order valence-electron chi connectivity index (χ0n) is 11.9. The fourth-order valence-corrected chi connectivity index (χ4v) is 1.90. The number of imidazole rings is 1. The van der Waals surface area contributed by atoms with E-state index in [0.29, 0.717) is 19.4 Å². The zero-order valence-corrected chi connectivity index (χ0v) is 11.9. The molecule has 5 heteroatoms. The van der Waals surface area contributed by atoms with Crippen LogP contribution in [0.25, 0.3) is 11.0 Å². The van der Waals surface area contributed by atoms with Crippen LogP contribution in [0.5, 0.6) is 0 Å². The van der Waals surface area contributed by atoms with E-state index in [4.69, 9.17) is 0 Å². The molecule has 1 aromatic heterocycles. The first kappa shape index (κ1) is 14.5. The first-order valence-corrected chi connectivity index (χ1v) is 6.94. The minimum absolute atomic E-state index is 0.0647. The van der Waals surface area contributed by atoms with Gasteiger partial charge >= 0.3 is 0 Å². The number of nitrogens with one attached hydrogen (secondary N) is 2. The van der Waals surface area contributed by atoms with E-state index < -0.39 is 6.10 Å². The smallest absolute Gasteiger partial charge is 0.220 e. The topological polar surface area (TPSA) is 78.0 Å². The molecule has 2 aromatic rings.